The predicted molar refractivity (Wildman–Crippen MR) is 80.8 cm³/mol. The van der Waals surface area contributed by atoms with Crippen molar-refractivity contribution in [3.8, 4) is 0 Å². The van der Waals surface area contributed by atoms with Crippen LogP contribution < -0.4 is 11.2 Å². The maximum Gasteiger partial charge on any atom is 0.328 e. The van der Waals surface area contributed by atoms with Crippen molar-refractivity contribution in [3.05, 3.63) is 62.0 Å². The minimum absolute atomic E-state index is 0.0196. The minimum atomic E-state index is -0.582. The molecule has 7 heteroatoms. The van der Waals surface area contributed by atoms with Crippen LogP contribution in [0, 0.1) is 0 Å². The first kappa shape index (κ1) is 13.6. The third-order valence-electron chi connectivity index (χ3n) is 3.32. The van der Waals surface area contributed by atoms with E-state index in [0.717, 1.165) is 23.1 Å². The molecule has 0 aliphatic carbocycles. The Morgan fingerprint density at radius 2 is 2.05 bits per heavy atom. The van der Waals surface area contributed by atoms with E-state index < -0.39 is 11.2 Å². The Labute approximate surface area is 124 Å². The van der Waals surface area contributed by atoms with Crippen LogP contribution in [-0.4, -0.2) is 19.3 Å². The molecule has 108 valence electrons. The van der Waals surface area contributed by atoms with Gasteiger partial charge >= 0.3 is 5.69 Å². The summed E-state index contributed by atoms with van der Waals surface area (Å²) in [7, 11) is 0. The SMILES string of the molecule is CCn1nc(Cn2cc(Cl)c(=O)[nH]c2=O)c2ccccc21. The lowest BCUT2D eigenvalue weighted by Crippen LogP contribution is -2.30. The molecule has 0 radical (unpaired) electrons. The largest absolute Gasteiger partial charge is 0.328 e. The second kappa shape index (κ2) is 5.21. The van der Waals surface area contributed by atoms with Gasteiger partial charge in [0.15, 0.2) is 0 Å². The first-order valence-corrected chi connectivity index (χ1v) is 6.91. The molecule has 2 aromatic heterocycles. The van der Waals surface area contributed by atoms with Crippen LogP contribution >= 0.6 is 11.6 Å². The summed E-state index contributed by atoms with van der Waals surface area (Å²) in [6.07, 6.45) is 1.34. The lowest BCUT2D eigenvalue weighted by molar-refractivity contribution is 0.641. The first-order valence-electron chi connectivity index (χ1n) is 6.54. The van der Waals surface area contributed by atoms with Gasteiger partial charge in [-0.25, -0.2) is 4.79 Å². The summed E-state index contributed by atoms with van der Waals surface area (Å²) in [5.74, 6) is 0. The Hall–Kier alpha value is -2.34. The van der Waals surface area contributed by atoms with Gasteiger partial charge < -0.3 is 0 Å². The number of aromatic amines is 1. The summed E-state index contributed by atoms with van der Waals surface area (Å²) in [6.45, 7) is 3.00. The molecule has 0 saturated heterocycles. The third kappa shape index (κ3) is 2.38. The second-order valence-electron chi connectivity index (χ2n) is 4.64. The number of aromatic nitrogens is 4. The van der Waals surface area contributed by atoms with Gasteiger partial charge in [0, 0.05) is 18.1 Å². The number of hydrogen-bond donors (Lipinski definition) is 1. The lowest BCUT2D eigenvalue weighted by atomic mass is 10.2. The molecule has 3 aromatic rings. The van der Waals surface area contributed by atoms with Crippen LogP contribution in [0.25, 0.3) is 10.9 Å². The first-order chi connectivity index (χ1) is 10.1. The molecular formula is C14H13ClN4O2. The number of fused-ring (bicyclic) bond motifs is 1. The van der Waals surface area contributed by atoms with Crippen LogP contribution in [0.3, 0.4) is 0 Å². The maximum atomic E-state index is 11.8. The highest BCUT2D eigenvalue weighted by molar-refractivity contribution is 6.30. The van der Waals surface area contributed by atoms with Crippen molar-refractivity contribution in [1.82, 2.24) is 19.3 Å². The number of para-hydroxylation sites is 1. The summed E-state index contributed by atoms with van der Waals surface area (Å²) in [4.78, 5) is 25.3. The van der Waals surface area contributed by atoms with Gasteiger partial charge in [0.1, 0.15) is 5.02 Å². The fourth-order valence-electron chi connectivity index (χ4n) is 2.32. The molecule has 0 atom stereocenters. The number of halogens is 1. The van der Waals surface area contributed by atoms with Crippen molar-refractivity contribution in [3.63, 3.8) is 0 Å². The molecule has 0 spiro atoms. The molecule has 1 aromatic carbocycles. The van der Waals surface area contributed by atoms with E-state index >= 15 is 0 Å². The molecule has 3 rings (SSSR count). The number of hydrogen-bond acceptors (Lipinski definition) is 3. The quantitative estimate of drug-likeness (QED) is 0.799. The molecule has 0 aliphatic heterocycles. The van der Waals surface area contributed by atoms with E-state index in [1.807, 2.05) is 35.9 Å². The van der Waals surface area contributed by atoms with Crippen molar-refractivity contribution in [1.29, 1.82) is 0 Å². The highest BCUT2D eigenvalue weighted by Crippen LogP contribution is 2.18. The van der Waals surface area contributed by atoms with E-state index in [1.54, 1.807) is 0 Å². The minimum Gasteiger partial charge on any atom is -0.293 e. The van der Waals surface area contributed by atoms with E-state index in [-0.39, 0.29) is 11.6 Å². The van der Waals surface area contributed by atoms with E-state index in [0.29, 0.717) is 0 Å². The number of nitrogens with one attached hydrogen (secondary N) is 1. The van der Waals surface area contributed by atoms with Gasteiger partial charge in [0.05, 0.1) is 17.8 Å². The Bertz CT molecular complexity index is 923. The fourth-order valence-corrected chi connectivity index (χ4v) is 2.48. The molecule has 0 fully saturated rings. The summed E-state index contributed by atoms with van der Waals surface area (Å²) in [5, 5.41) is 5.48. The zero-order valence-corrected chi connectivity index (χ0v) is 12.1. The molecule has 0 unspecified atom stereocenters. The summed E-state index contributed by atoms with van der Waals surface area (Å²) in [6, 6.07) is 7.82. The third-order valence-corrected chi connectivity index (χ3v) is 3.59. The number of H-pyrrole nitrogens is 1. The number of benzene rings is 1. The zero-order chi connectivity index (χ0) is 15.0. The molecular weight excluding hydrogens is 292 g/mol. The zero-order valence-electron chi connectivity index (χ0n) is 11.3. The van der Waals surface area contributed by atoms with Gasteiger partial charge in [-0.05, 0) is 13.0 Å². The average molecular weight is 305 g/mol. The maximum absolute atomic E-state index is 11.8. The molecule has 0 bridgehead atoms. The van der Waals surface area contributed by atoms with Crippen molar-refractivity contribution < 1.29 is 0 Å². The van der Waals surface area contributed by atoms with Crippen LogP contribution in [0.5, 0.6) is 0 Å². The Morgan fingerprint density at radius 3 is 2.81 bits per heavy atom. The Morgan fingerprint density at radius 1 is 1.29 bits per heavy atom. The van der Waals surface area contributed by atoms with Gasteiger partial charge in [-0.1, -0.05) is 29.8 Å². The highest BCUT2D eigenvalue weighted by atomic mass is 35.5. The molecule has 1 N–H and O–H groups in total. The van der Waals surface area contributed by atoms with Crippen LogP contribution in [0.2, 0.25) is 5.02 Å². The van der Waals surface area contributed by atoms with Gasteiger partial charge in [-0.15, -0.1) is 0 Å². The monoisotopic (exact) mass is 304 g/mol. The van der Waals surface area contributed by atoms with E-state index in [4.69, 9.17) is 11.6 Å². The van der Waals surface area contributed by atoms with Gasteiger partial charge in [-0.3, -0.25) is 19.0 Å². The fraction of sp³-hybridized carbons (Fsp3) is 0.214. The normalized spacial score (nSPS) is 11.1. The van der Waals surface area contributed by atoms with Crippen LogP contribution in [0.15, 0.2) is 40.1 Å². The van der Waals surface area contributed by atoms with Gasteiger partial charge in [0.2, 0.25) is 0 Å². The highest BCUT2D eigenvalue weighted by Gasteiger charge is 2.11. The van der Waals surface area contributed by atoms with Crippen LogP contribution in [0.4, 0.5) is 0 Å². The molecule has 2 heterocycles. The van der Waals surface area contributed by atoms with Crippen molar-refractivity contribution >= 4 is 22.5 Å². The van der Waals surface area contributed by atoms with Crippen molar-refractivity contribution in [2.24, 2.45) is 0 Å². The van der Waals surface area contributed by atoms with Crippen molar-refractivity contribution in [2.45, 2.75) is 20.0 Å². The van der Waals surface area contributed by atoms with Gasteiger partial charge in [0.25, 0.3) is 5.56 Å². The van der Waals surface area contributed by atoms with E-state index in [1.165, 1.54) is 10.8 Å². The van der Waals surface area contributed by atoms with Crippen LogP contribution in [0.1, 0.15) is 12.6 Å². The molecule has 0 aliphatic rings. The molecule has 0 saturated carbocycles. The molecule has 0 amide bonds. The van der Waals surface area contributed by atoms with Crippen molar-refractivity contribution in [2.75, 3.05) is 0 Å². The van der Waals surface area contributed by atoms with E-state index in [2.05, 4.69) is 10.1 Å². The molecule has 21 heavy (non-hydrogen) atoms. The molecule has 6 nitrogen and oxygen atoms in total. The Kier molecular flexibility index (Phi) is 3.39. The second-order valence-corrected chi connectivity index (χ2v) is 5.05. The number of nitrogens with zero attached hydrogens (tertiary/aromatic N) is 3. The number of aryl methyl sites for hydroxylation is 1. The topological polar surface area (TPSA) is 72.7 Å². The average Bonchev–Trinajstić information content (AvgIpc) is 2.83. The summed E-state index contributed by atoms with van der Waals surface area (Å²) < 4.78 is 3.22. The smallest absolute Gasteiger partial charge is 0.293 e. The van der Waals surface area contributed by atoms with E-state index in [9.17, 15) is 9.59 Å². The van der Waals surface area contributed by atoms with Gasteiger partial charge in [-0.2, -0.15) is 5.10 Å². The van der Waals surface area contributed by atoms with Crippen LogP contribution in [-0.2, 0) is 13.1 Å². The predicted octanol–water partition coefficient (Wildman–Crippen LogP) is 1.61. The summed E-state index contributed by atoms with van der Waals surface area (Å²) in [5.41, 5.74) is 0.692. The standard InChI is InChI=1S/C14H13ClN4O2/c1-2-19-12-6-4-3-5-9(12)11(17-19)8-18-7-10(15)13(20)16-14(18)21/h3-7H,2,8H2,1H3,(H,16,20,21). The number of rotatable bonds is 3. The lowest BCUT2D eigenvalue weighted by Gasteiger charge is -2.03. The Balaban J connectivity index is 2.13. The summed E-state index contributed by atoms with van der Waals surface area (Å²) >= 11 is 5.77.